The Kier molecular flexibility index (Phi) is 3.20. The summed E-state index contributed by atoms with van der Waals surface area (Å²) in [6.07, 6.45) is 6.36. The predicted molar refractivity (Wildman–Crippen MR) is 44.9 cm³/mol. The highest BCUT2D eigenvalue weighted by atomic mass is 32.2. The van der Waals surface area contributed by atoms with E-state index in [-0.39, 0.29) is 0 Å². The van der Waals surface area contributed by atoms with Gasteiger partial charge in [-0.15, -0.1) is 0 Å². The van der Waals surface area contributed by atoms with E-state index in [1.54, 1.807) is 5.57 Å². The smallest absolute Gasteiger partial charge is 0.00302 e. The molecule has 9 heavy (non-hydrogen) atoms. The van der Waals surface area contributed by atoms with Crippen molar-refractivity contribution in [1.82, 2.24) is 0 Å². The highest BCUT2D eigenvalue weighted by Crippen LogP contribution is 2.20. The molecule has 0 amide bonds. The Labute approximate surface area is 61.7 Å². The molecule has 1 fully saturated rings. The van der Waals surface area contributed by atoms with Crippen molar-refractivity contribution in [3.63, 3.8) is 0 Å². The molecule has 1 heteroatoms. The van der Waals surface area contributed by atoms with Crippen LogP contribution >= 0.6 is 11.8 Å². The molecule has 0 bridgehead atoms. The van der Waals surface area contributed by atoms with Crippen LogP contribution in [0.4, 0.5) is 0 Å². The normalized spacial score (nSPS) is 26.1. The third kappa shape index (κ3) is 2.44. The van der Waals surface area contributed by atoms with Crippen LogP contribution in [0.1, 0.15) is 26.2 Å². The minimum absolute atomic E-state index is 1.33. The van der Waals surface area contributed by atoms with E-state index >= 15 is 0 Å². The van der Waals surface area contributed by atoms with Gasteiger partial charge in [0.25, 0.3) is 0 Å². The van der Waals surface area contributed by atoms with Crippen LogP contribution in [0.2, 0.25) is 0 Å². The molecule has 52 valence electrons. The van der Waals surface area contributed by atoms with E-state index in [1.165, 1.54) is 30.8 Å². The first-order valence-corrected chi connectivity index (χ1v) is 4.81. The second-order valence-corrected chi connectivity index (χ2v) is 3.64. The van der Waals surface area contributed by atoms with Crippen molar-refractivity contribution in [1.29, 1.82) is 0 Å². The van der Waals surface area contributed by atoms with E-state index in [4.69, 9.17) is 0 Å². The summed E-state index contributed by atoms with van der Waals surface area (Å²) in [4.78, 5) is 0. The van der Waals surface area contributed by atoms with Crippen molar-refractivity contribution in [3.05, 3.63) is 11.6 Å². The van der Waals surface area contributed by atoms with Gasteiger partial charge in [-0.1, -0.05) is 11.6 Å². The van der Waals surface area contributed by atoms with Gasteiger partial charge in [0.05, 0.1) is 0 Å². The molecule has 0 aromatic heterocycles. The molecule has 0 spiro atoms. The summed E-state index contributed by atoms with van der Waals surface area (Å²) >= 11 is 2.09. The van der Waals surface area contributed by atoms with Gasteiger partial charge in [0.1, 0.15) is 0 Å². The van der Waals surface area contributed by atoms with E-state index in [9.17, 15) is 0 Å². The zero-order chi connectivity index (χ0) is 6.53. The van der Waals surface area contributed by atoms with E-state index in [1.807, 2.05) is 0 Å². The first-order chi connectivity index (χ1) is 4.43. The molecular weight excluding hydrogens is 128 g/mol. The van der Waals surface area contributed by atoms with Crippen molar-refractivity contribution < 1.29 is 0 Å². The third-order valence-corrected chi connectivity index (χ3v) is 2.83. The summed E-state index contributed by atoms with van der Waals surface area (Å²) in [7, 11) is 0. The fraction of sp³-hybridized carbons (Fsp3) is 0.750. The van der Waals surface area contributed by atoms with Gasteiger partial charge in [0, 0.05) is 0 Å². The van der Waals surface area contributed by atoms with E-state index in [0.717, 1.165) is 0 Å². The van der Waals surface area contributed by atoms with Gasteiger partial charge in [-0.2, -0.15) is 11.8 Å². The Balaban J connectivity index is 2.36. The molecule has 0 saturated carbocycles. The lowest BCUT2D eigenvalue weighted by Crippen LogP contribution is -1.80. The molecule has 0 N–H and O–H groups in total. The highest BCUT2D eigenvalue weighted by molar-refractivity contribution is 7.99. The molecular formula is C8H14S. The van der Waals surface area contributed by atoms with Gasteiger partial charge < -0.3 is 0 Å². The summed E-state index contributed by atoms with van der Waals surface area (Å²) in [6.45, 7) is 2.16. The molecule has 0 aromatic rings. The van der Waals surface area contributed by atoms with E-state index < -0.39 is 0 Å². The van der Waals surface area contributed by atoms with Crippen molar-refractivity contribution >= 4 is 11.8 Å². The monoisotopic (exact) mass is 142 g/mol. The molecule has 1 heterocycles. The SMILES string of the molecule is C/C=C1\CCCSCC1. The van der Waals surface area contributed by atoms with Gasteiger partial charge in [-0.05, 0) is 37.7 Å². The molecule has 0 aliphatic carbocycles. The van der Waals surface area contributed by atoms with Crippen LogP contribution in [-0.2, 0) is 0 Å². The second kappa shape index (κ2) is 3.99. The molecule has 1 rings (SSSR count). The maximum atomic E-state index is 2.28. The van der Waals surface area contributed by atoms with Gasteiger partial charge in [0.15, 0.2) is 0 Å². The van der Waals surface area contributed by atoms with Crippen molar-refractivity contribution in [2.75, 3.05) is 11.5 Å². The number of rotatable bonds is 0. The molecule has 0 nitrogen and oxygen atoms in total. The fourth-order valence-corrected chi connectivity index (χ4v) is 2.08. The van der Waals surface area contributed by atoms with Crippen molar-refractivity contribution in [2.24, 2.45) is 0 Å². The van der Waals surface area contributed by atoms with Crippen LogP contribution < -0.4 is 0 Å². The summed E-state index contributed by atoms with van der Waals surface area (Å²) in [6, 6.07) is 0. The molecule has 0 aromatic carbocycles. The molecule has 0 unspecified atom stereocenters. The Morgan fingerprint density at radius 1 is 1.33 bits per heavy atom. The Hall–Kier alpha value is 0.0900. The van der Waals surface area contributed by atoms with Gasteiger partial charge in [0.2, 0.25) is 0 Å². The molecule has 0 atom stereocenters. The zero-order valence-electron chi connectivity index (χ0n) is 6.02. The fourth-order valence-electron chi connectivity index (χ4n) is 1.12. The second-order valence-electron chi connectivity index (χ2n) is 2.41. The Bertz CT molecular complexity index is 95.1. The number of hydrogen-bond donors (Lipinski definition) is 0. The maximum Gasteiger partial charge on any atom is -0.00302 e. The average molecular weight is 142 g/mol. The highest BCUT2D eigenvalue weighted by Gasteiger charge is 2.01. The summed E-state index contributed by atoms with van der Waals surface area (Å²) < 4.78 is 0. The van der Waals surface area contributed by atoms with Crippen LogP contribution in [-0.4, -0.2) is 11.5 Å². The number of thioether (sulfide) groups is 1. The first kappa shape index (κ1) is 7.20. The zero-order valence-corrected chi connectivity index (χ0v) is 6.84. The topological polar surface area (TPSA) is 0 Å². The lowest BCUT2D eigenvalue weighted by atomic mass is 10.1. The third-order valence-electron chi connectivity index (χ3n) is 1.76. The Morgan fingerprint density at radius 3 is 3.00 bits per heavy atom. The lowest BCUT2D eigenvalue weighted by Gasteiger charge is -1.97. The van der Waals surface area contributed by atoms with Gasteiger partial charge in [-0.3, -0.25) is 0 Å². The van der Waals surface area contributed by atoms with Crippen molar-refractivity contribution in [3.8, 4) is 0 Å². The van der Waals surface area contributed by atoms with Crippen LogP contribution in [0.15, 0.2) is 11.6 Å². The largest absolute Gasteiger partial charge is 0.162 e. The summed E-state index contributed by atoms with van der Waals surface area (Å²) in [5.41, 5.74) is 1.67. The standard InChI is InChI=1S/C8H14S/c1-2-8-4-3-6-9-7-5-8/h2H,3-7H2,1H3/b8-2+. The minimum atomic E-state index is 1.33. The first-order valence-electron chi connectivity index (χ1n) is 3.65. The van der Waals surface area contributed by atoms with E-state index in [0.29, 0.717) is 0 Å². The van der Waals surface area contributed by atoms with Crippen LogP contribution in [0.25, 0.3) is 0 Å². The Morgan fingerprint density at radius 2 is 2.22 bits per heavy atom. The lowest BCUT2D eigenvalue weighted by molar-refractivity contribution is 0.887. The van der Waals surface area contributed by atoms with E-state index in [2.05, 4.69) is 24.8 Å². The number of hydrogen-bond acceptors (Lipinski definition) is 1. The van der Waals surface area contributed by atoms with Gasteiger partial charge >= 0.3 is 0 Å². The quantitative estimate of drug-likeness (QED) is 0.469. The predicted octanol–water partition coefficient (Wildman–Crippen LogP) is 2.85. The van der Waals surface area contributed by atoms with Crippen LogP contribution in [0, 0.1) is 0 Å². The summed E-state index contributed by atoms with van der Waals surface area (Å²) in [5.74, 6) is 2.72. The molecule has 1 aliphatic rings. The summed E-state index contributed by atoms with van der Waals surface area (Å²) in [5, 5.41) is 0. The van der Waals surface area contributed by atoms with Crippen LogP contribution in [0.5, 0.6) is 0 Å². The van der Waals surface area contributed by atoms with Gasteiger partial charge in [-0.25, -0.2) is 0 Å². The minimum Gasteiger partial charge on any atom is -0.162 e. The maximum absolute atomic E-state index is 2.28. The van der Waals surface area contributed by atoms with Crippen LogP contribution in [0.3, 0.4) is 0 Å². The molecule has 0 radical (unpaired) electrons. The average Bonchev–Trinajstić information content (AvgIpc) is 2.13. The van der Waals surface area contributed by atoms with Crippen molar-refractivity contribution in [2.45, 2.75) is 26.2 Å². The molecule has 1 saturated heterocycles. The molecule has 1 aliphatic heterocycles. The number of allylic oxidation sites excluding steroid dienone is 2.